The van der Waals surface area contributed by atoms with Crippen molar-refractivity contribution in [1.82, 2.24) is 9.47 Å². The molecule has 0 saturated carbocycles. The molecule has 26 heavy (non-hydrogen) atoms. The number of aromatic nitrogens is 1. The van der Waals surface area contributed by atoms with Crippen molar-refractivity contribution < 1.29 is 4.79 Å². The Bertz CT molecular complexity index is 901. The van der Waals surface area contributed by atoms with Gasteiger partial charge in [0.1, 0.15) is 0 Å². The normalized spacial score (nSPS) is 17.0. The molecule has 2 aromatic carbocycles. The maximum Gasteiger partial charge on any atom is 0.235 e. The van der Waals surface area contributed by atoms with Gasteiger partial charge in [0.2, 0.25) is 5.91 Å². The van der Waals surface area contributed by atoms with Crippen molar-refractivity contribution in [2.45, 2.75) is 32.1 Å². The third-order valence-electron chi connectivity index (χ3n) is 5.08. The summed E-state index contributed by atoms with van der Waals surface area (Å²) in [6.07, 6.45) is 4.95. The number of carbonyl (C=O) groups is 1. The van der Waals surface area contributed by atoms with Gasteiger partial charge in [0.25, 0.3) is 0 Å². The molecule has 1 aliphatic heterocycles. The molecule has 4 heteroatoms. The lowest BCUT2D eigenvalue weighted by Crippen LogP contribution is -2.48. The second-order valence-electron chi connectivity index (χ2n) is 6.97. The van der Waals surface area contributed by atoms with E-state index >= 15 is 0 Å². The molecule has 1 aliphatic rings. The van der Waals surface area contributed by atoms with E-state index in [2.05, 4.69) is 70.4 Å². The quantitative estimate of drug-likeness (QED) is 0.773. The lowest BCUT2D eigenvalue weighted by atomic mass is 9.93. The first-order chi connectivity index (χ1) is 12.7. The summed E-state index contributed by atoms with van der Waals surface area (Å²) in [5.74, 6) is -0.247. The van der Waals surface area contributed by atoms with Gasteiger partial charge in [-0.1, -0.05) is 54.6 Å². The SMILES string of the molecule is NC(=O)[C@@H]1Cc2ccccc2CN1Cc1ccn(Cc2ccccc2)c1. The number of carbonyl (C=O) groups excluding carboxylic acids is 1. The van der Waals surface area contributed by atoms with E-state index in [4.69, 9.17) is 5.73 Å². The van der Waals surface area contributed by atoms with Crippen LogP contribution in [0.2, 0.25) is 0 Å². The molecule has 2 N–H and O–H groups in total. The summed E-state index contributed by atoms with van der Waals surface area (Å²) in [4.78, 5) is 14.2. The van der Waals surface area contributed by atoms with Crippen molar-refractivity contribution in [2.24, 2.45) is 5.73 Å². The van der Waals surface area contributed by atoms with Crippen molar-refractivity contribution in [1.29, 1.82) is 0 Å². The first-order valence-electron chi connectivity index (χ1n) is 8.98. The van der Waals surface area contributed by atoms with Crippen LogP contribution in [-0.2, 0) is 30.8 Å². The molecule has 0 saturated heterocycles. The summed E-state index contributed by atoms with van der Waals surface area (Å²) in [7, 11) is 0. The average Bonchev–Trinajstić information content (AvgIpc) is 3.08. The van der Waals surface area contributed by atoms with Gasteiger partial charge in [0.15, 0.2) is 0 Å². The van der Waals surface area contributed by atoms with E-state index in [0.717, 1.165) is 19.6 Å². The number of nitrogens with two attached hydrogens (primary N) is 1. The van der Waals surface area contributed by atoms with Gasteiger partial charge in [-0.2, -0.15) is 0 Å². The molecule has 1 atom stereocenters. The number of fused-ring (bicyclic) bond motifs is 1. The van der Waals surface area contributed by atoms with Gasteiger partial charge in [-0.15, -0.1) is 0 Å². The van der Waals surface area contributed by atoms with Crippen LogP contribution in [0.25, 0.3) is 0 Å². The third-order valence-corrected chi connectivity index (χ3v) is 5.08. The van der Waals surface area contributed by atoms with Gasteiger partial charge < -0.3 is 10.3 Å². The minimum Gasteiger partial charge on any atom is -0.368 e. The molecular formula is C22H23N3O. The molecule has 3 aromatic rings. The van der Waals surface area contributed by atoms with Gasteiger partial charge in [0, 0.05) is 32.0 Å². The van der Waals surface area contributed by atoms with Crippen LogP contribution in [0, 0.1) is 0 Å². The minimum atomic E-state index is -0.248. The van der Waals surface area contributed by atoms with E-state index in [-0.39, 0.29) is 11.9 Å². The predicted octanol–water partition coefficient (Wildman–Crippen LogP) is 2.95. The van der Waals surface area contributed by atoms with E-state index in [1.165, 1.54) is 22.3 Å². The molecule has 4 nitrogen and oxygen atoms in total. The minimum absolute atomic E-state index is 0.247. The fraction of sp³-hybridized carbons (Fsp3) is 0.227. The summed E-state index contributed by atoms with van der Waals surface area (Å²) in [6.45, 7) is 2.33. The molecule has 4 rings (SSSR count). The topological polar surface area (TPSA) is 51.3 Å². The van der Waals surface area contributed by atoms with Crippen LogP contribution >= 0.6 is 0 Å². The fourth-order valence-corrected chi connectivity index (χ4v) is 3.74. The molecule has 132 valence electrons. The second kappa shape index (κ2) is 7.18. The Morgan fingerprint density at radius 1 is 0.923 bits per heavy atom. The molecule has 0 fully saturated rings. The summed E-state index contributed by atoms with van der Waals surface area (Å²) in [5, 5.41) is 0. The van der Waals surface area contributed by atoms with Crippen LogP contribution in [0.5, 0.6) is 0 Å². The summed E-state index contributed by atoms with van der Waals surface area (Å²) in [5.41, 5.74) is 10.7. The van der Waals surface area contributed by atoms with E-state index < -0.39 is 0 Å². The number of nitrogens with zero attached hydrogens (tertiary/aromatic N) is 2. The van der Waals surface area contributed by atoms with E-state index in [0.29, 0.717) is 6.42 Å². The van der Waals surface area contributed by atoms with Crippen molar-refractivity contribution in [3.8, 4) is 0 Å². The molecule has 0 radical (unpaired) electrons. The molecule has 0 bridgehead atoms. The van der Waals surface area contributed by atoms with Gasteiger partial charge in [0.05, 0.1) is 6.04 Å². The highest BCUT2D eigenvalue weighted by Gasteiger charge is 2.29. The Labute approximate surface area is 153 Å². The van der Waals surface area contributed by atoms with Crippen LogP contribution in [0.1, 0.15) is 22.3 Å². The molecule has 0 spiro atoms. The molecule has 1 amide bonds. The highest BCUT2D eigenvalue weighted by molar-refractivity contribution is 5.80. The Morgan fingerprint density at radius 3 is 2.42 bits per heavy atom. The van der Waals surface area contributed by atoms with Crippen LogP contribution in [0.3, 0.4) is 0 Å². The zero-order chi connectivity index (χ0) is 17.9. The van der Waals surface area contributed by atoms with Gasteiger partial charge in [-0.25, -0.2) is 0 Å². The Kier molecular flexibility index (Phi) is 4.59. The maximum absolute atomic E-state index is 12.0. The second-order valence-corrected chi connectivity index (χ2v) is 6.97. The highest BCUT2D eigenvalue weighted by Crippen LogP contribution is 2.25. The van der Waals surface area contributed by atoms with Crippen molar-refractivity contribution in [3.05, 3.63) is 95.3 Å². The Morgan fingerprint density at radius 2 is 1.65 bits per heavy atom. The number of benzene rings is 2. The lowest BCUT2D eigenvalue weighted by Gasteiger charge is -2.34. The average molecular weight is 345 g/mol. The van der Waals surface area contributed by atoms with Crippen LogP contribution in [-0.4, -0.2) is 21.4 Å². The van der Waals surface area contributed by atoms with Crippen molar-refractivity contribution >= 4 is 5.91 Å². The monoisotopic (exact) mass is 345 g/mol. The zero-order valence-electron chi connectivity index (χ0n) is 14.7. The highest BCUT2D eigenvalue weighted by atomic mass is 16.1. The number of primary amides is 1. The summed E-state index contributed by atoms with van der Waals surface area (Å²) >= 11 is 0. The standard InChI is InChI=1S/C22H23N3O/c23-22(26)21-12-19-8-4-5-9-20(19)16-25(21)15-18-10-11-24(14-18)13-17-6-2-1-3-7-17/h1-11,14,21H,12-13,15-16H2,(H2,23,26)/t21-/m0/s1. The van der Waals surface area contributed by atoms with Crippen LogP contribution in [0.15, 0.2) is 73.1 Å². The van der Waals surface area contributed by atoms with E-state index in [1.54, 1.807) is 0 Å². The zero-order valence-corrected chi connectivity index (χ0v) is 14.7. The smallest absolute Gasteiger partial charge is 0.235 e. The number of hydrogen-bond acceptors (Lipinski definition) is 2. The maximum atomic E-state index is 12.0. The first kappa shape index (κ1) is 16.6. The van der Waals surface area contributed by atoms with Gasteiger partial charge in [-0.3, -0.25) is 9.69 Å². The molecule has 1 aromatic heterocycles. The molecule has 2 heterocycles. The third kappa shape index (κ3) is 3.55. The molecule has 0 unspecified atom stereocenters. The van der Waals surface area contributed by atoms with Crippen LogP contribution in [0.4, 0.5) is 0 Å². The fourth-order valence-electron chi connectivity index (χ4n) is 3.74. The van der Waals surface area contributed by atoms with Gasteiger partial charge in [-0.05, 0) is 34.7 Å². The largest absolute Gasteiger partial charge is 0.368 e. The van der Waals surface area contributed by atoms with Crippen molar-refractivity contribution in [2.75, 3.05) is 0 Å². The summed E-state index contributed by atoms with van der Waals surface area (Å²) in [6, 6.07) is 20.6. The lowest BCUT2D eigenvalue weighted by molar-refractivity contribution is -0.124. The van der Waals surface area contributed by atoms with Crippen LogP contribution < -0.4 is 5.73 Å². The Balaban J connectivity index is 1.50. The van der Waals surface area contributed by atoms with E-state index in [1.807, 2.05) is 12.1 Å². The predicted molar refractivity (Wildman–Crippen MR) is 102 cm³/mol. The number of amides is 1. The number of hydrogen-bond donors (Lipinski definition) is 1. The Hall–Kier alpha value is -2.85. The first-order valence-corrected chi connectivity index (χ1v) is 8.98. The van der Waals surface area contributed by atoms with Gasteiger partial charge >= 0.3 is 0 Å². The van der Waals surface area contributed by atoms with Crippen molar-refractivity contribution in [3.63, 3.8) is 0 Å². The number of rotatable bonds is 5. The van der Waals surface area contributed by atoms with E-state index in [9.17, 15) is 4.79 Å². The molecular weight excluding hydrogens is 322 g/mol. The molecule has 0 aliphatic carbocycles. The summed E-state index contributed by atoms with van der Waals surface area (Å²) < 4.78 is 2.18.